The molecule has 148 valence electrons. The van der Waals surface area contributed by atoms with E-state index in [2.05, 4.69) is 40.4 Å². The van der Waals surface area contributed by atoms with E-state index in [1.54, 1.807) is 24.3 Å². The molecule has 1 fully saturated rings. The molecule has 2 aromatic carbocycles. The highest BCUT2D eigenvalue weighted by Crippen LogP contribution is 2.31. The van der Waals surface area contributed by atoms with Crippen molar-refractivity contribution in [3.8, 4) is 5.75 Å². The fourth-order valence-electron chi connectivity index (χ4n) is 2.63. The third-order valence-corrected chi connectivity index (χ3v) is 5.09. The van der Waals surface area contributed by atoms with Crippen LogP contribution in [0.25, 0.3) is 0 Å². The standard InChI is InChI=1S/C22H25BrN2O3/c1-13(2)12-28-20-9-7-16(10-18(20)23)22(27)24-17-8-4-14(3)19(11-17)25-21(26)15-5-6-15/h4,7-11,13,15H,5-6,12H2,1-3H3,(H,24,27)(H,25,26). The zero-order valence-corrected chi connectivity index (χ0v) is 17.9. The Labute approximate surface area is 174 Å². The second-order valence-electron chi connectivity index (χ2n) is 7.60. The first kappa shape index (κ1) is 20.4. The van der Waals surface area contributed by atoms with Crippen LogP contribution in [0.5, 0.6) is 5.75 Å². The fourth-order valence-corrected chi connectivity index (χ4v) is 3.13. The van der Waals surface area contributed by atoms with E-state index in [9.17, 15) is 9.59 Å². The van der Waals surface area contributed by atoms with E-state index < -0.39 is 0 Å². The lowest BCUT2D eigenvalue weighted by Crippen LogP contribution is -2.15. The number of halogens is 1. The predicted molar refractivity (Wildman–Crippen MR) is 115 cm³/mol. The summed E-state index contributed by atoms with van der Waals surface area (Å²) in [4.78, 5) is 24.7. The van der Waals surface area contributed by atoms with Gasteiger partial charge in [-0.05, 0) is 77.5 Å². The molecule has 2 N–H and O–H groups in total. The average molecular weight is 445 g/mol. The molecule has 2 amide bonds. The first-order valence-corrected chi connectivity index (χ1v) is 10.3. The molecule has 2 aromatic rings. The summed E-state index contributed by atoms with van der Waals surface area (Å²) in [6.45, 7) is 6.71. The number of nitrogens with one attached hydrogen (secondary N) is 2. The smallest absolute Gasteiger partial charge is 0.255 e. The van der Waals surface area contributed by atoms with Gasteiger partial charge in [0.05, 0.1) is 11.1 Å². The summed E-state index contributed by atoms with van der Waals surface area (Å²) in [7, 11) is 0. The largest absolute Gasteiger partial charge is 0.492 e. The van der Waals surface area contributed by atoms with Gasteiger partial charge in [-0.2, -0.15) is 0 Å². The Hall–Kier alpha value is -2.34. The van der Waals surface area contributed by atoms with Crippen LogP contribution in [0.2, 0.25) is 0 Å². The Balaban J connectivity index is 1.68. The summed E-state index contributed by atoms with van der Waals surface area (Å²) in [5.41, 5.74) is 2.85. The highest BCUT2D eigenvalue weighted by Gasteiger charge is 2.29. The van der Waals surface area contributed by atoms with Crippen LogP contribution < -0.4 is 15.4 Å². The van der Waals surface area contributed by atoms with Crippen molar-refractivity contribution < 1.29 is 14.3 Å². The molecule has 1 aliphatic carbocycles. The van der Waals surface area contributed by atoms with Crippen LogP contribution in [0, 0.1) is 18.8 Å². The summed E-state index contributed by atoms with van der Waals surface area (Å²) in [6, 6.07) is 10.8. The summed E-state index contributed by atoms with van der Waals surface area (Å²) >= 11 is 3.47. The molecule has 0 spiro atoms. The zero-order valence-electron chi connectivity index (χ0n) is 16.3. The molecule has 0 atom stereocenters. The van der Waals surface area contributed by atoms with Crippen molar-refractivity contribution in [2.45, 2.75) is 33.6 Å². The quantitative estimate of drug-likeness (QED) is 0.600. The van der Waals surface area contributed by atoms with Gasteiger partial charge in [-0.25, -0.2) is 0 Å². The van der Waals surface area contributed by atoms with Crippen LogP contribution in [0.4, 0.5) is 11.4 Å². The van der Waals surface area contributed by atoms with Crippen LogP contribution in [-0.4, -0.2) is 18.4 Å². The van der Waals surface area contributed by atoms with Crippen LogP contribution in [0.15, 0.2) is 40.9 Å². The summed E-state index contributed by atoms with van der Waals surface area (Å²) in [5.74, 6) is 1.09. The molecule has 0 heterocycles. The molecule has 1 aliphatic rings. The molecule has 0 saturated heterocycles. The third-order valence-electron chi connectivity index (χ3n) is 4.47. The monoisotopic (exact) mass is 444 g/mol. The number of rotatable bonds is 7. The molecule has 3 rings (SSSR count). The first-order chi connectivity index (χ1) is 13.3. The van der Waals surface area contributed by atoms with Crippen LogP contribution in [0.1, 0.15) is 42.6 Å². The summed E-state index contributed by atoms with van der Waals surface area (Å²) < 4.78 is 6.46. The fraction of sp³-hybridized carbons (Fsp3) is 0.364. The molecular weight excluding hydrogens is 420 g/mol. The summed E-state index contributed by atoms with van der Waals surface area (Å²) in [6.07, 6.45) is 1.90. The van der Waals surface area contributed by atoms with Gasteiger partial charge in [0, 0.05) is 22.9 Å². The van der Waals surface area contributed by atoms with Crippen molar-refractivity contribution in [2.75, 3.05) is 17.2 Å². The highest BCUT2D eigenvalue weighted by molar-refractivity contribution is 9.10. The SMILES string of the molecule is Cc1ccc(NC(=O)c2ccc(OCC(C)C)c(Br)c2)cc1NC(=O)C1CC1. The van der Waals surface area contributed by atoms with Gasteiger partial charge in [0.2, 0.25) is 5.91 Å². The van der Waals surface area contributed by atoms with Gasteiger partial charge in [0.15, 0.2) is 0 Å². The van der Waals surface area contributed by atoms with E-state index in [0.717, 1.165) is 28.6 Å². The Morgan fingerprint density at radius 2 is 1.89 bits per heavy atom. The maximum Gasteiger partial charge on any atom is 0.255 e. The highest BCUT2D eigenvalue weighted by atomic mass is 79.9. The molecule has 6 heteroatoms. The van der Waals surface area contributed by atoms with Gasteiger partial charge in [-0.3, -0.25) is 9.59 Å². The molecular formula is C22H25BrN2O3. The Morgan fingerprint density at radius 3 is 2.54 bits per heavy atom. The average Bonchev–Trinajstić information content (AvgIpc) is 3.48. The molecule has 1 saturated carbocycles. The summed E-state index contributed by atoms with van der Waals surface area (Å²) in [5, 5.41) is 5.84. The number of carbonyl (C=O) groups is 2. The normalized spacial score (nSPS) is 13.3. The van der Waals surface area contributed by atoms with Crippen molar-refractivity contribution in [1.82, 2.24) is 0 Å². The molecule has 0 aliphatic heterocycles. The van der Waals surface area contributed by atoms with Gasteiger partial charge in [-0.15, -0.1) is 0 Å². The molecule has 0 bridgehead atoms. The van der Waals surface area contributed by atoms with Gasteiger partial charge in [-0.1, -0.05) is 19.9 Å². The van der Waals surface area contributed by atoms with E-state index >= 15 is 0 Å². The van der Waals surface area contributed by atoms with E-state index in [-0.39, 0.29) is 17.7 Å². The maximum absolute atomic E-state index is 12.6. The lowest BCUT2D eigenvalue weighted by molar-refractivity contribution is -0.117. The minimum atomic E-state index is -0.223. The number of anilines is 2. The predicted octanol–water partition coefficient (Wildman–Crippen LogP) is 5.39. The first-order valence-electron chi connectivity index (χ1n) is 9.48. The number of carbonyl (C=O) groups excluding carboxylic acids is 2. The van der Waals surface area contributed by atoms with Crippen molar-refractivity contribution in [3.63, 3.8) is 0 Å². The minimum absolute atomic E-state index is 0.0486. The molecule has 0 radical (unpaired) electrons. The Kier molecular flexibility index (Phi) is 6.39. The van der Waals surface area contributed by atoms with Gasteiger partial charge in [0.1, 0.15) is 5.75 Å². The van der Waals surface area contributed by atoms with Gasteiger partial charge >= 0.3 is 0 Å². The number of hydrogen-bond donors (Lipinski definition) is 2. The Morgan fingerprint density at radius 1 is 1.14 bits per heavy atom. The zero-order chi connectivity index (χ0) is 20.3. The molecule has 5 nitrogen and oxygen atoms in total. The molecule has 28 heavy (non-hydrogen) atoms. The van der Waals surface area contributed by atoms with E-state index in [0.29, 0.717) is 29.5 Å². The minimum Gasteiger partial charge on any atom is -0.492 e. The van der Waals surface area contributed by atoms with Crippen LogP contribution >= 0.6 is 15.9 Å². The second-order valence-corrected chi connectivity index (χ2v) is 8.45. The number of aryl methyl sites for hydroxylation is 1. The molecule has 0 aromatic heterocycles. The maximum atomic E-state index is 12.6. The van der Waals surface area contributed by atoms with Gasteiger partial charge in [0.25, 0.3) is 5.91 Å². The topological polar surface area (TPSA) is 67.4 Å². The number of ether oxygens (including phenoxy) is 1. The molecule has 0 unspecified atom stereocenters. The van der Waals surface area contributed by atoms with E-state index in [4.69, 9.17) is 4.74 Å². The van der Waals surface area contributed by atoms with Crippen LogP contribution in [0.3, 0.4) is 0 Å². The van der Waals surface area contributed by atoms with Crippen molar-refractivity contribution in [2.24, 2.45) is 11.8 Å². The second kappa shape index (κ2) is 8.78. The number of benzene rings is 2. The van der Waals surface area contributed by atoms with E-state index in [1.165, 1.54) is 0 Å². The number of amides is 2. The van der Waals surface area contributed by atoms with Crippen molar-refractivity contribution in [3.05, 3.63) is 52.0 Å². The van der Waals surface area contributed by atoms with Crippen molar-refractivity contribution in [1.29, 1.82) is 0 Å². The lowest BCUT2D eigenvalue weighted by Gasteiger charge is -2.13. The number of hydrogen-bond acceptors (Lipinski definition) is 3. The lowest BCUT2D eigenvalue weighted by atomic mass is 10.1. The van der Waals surface area contributed by atoms with E-state index in [1.807, 2.05) is 19.1 Å². The van der Waals surface area contributed by atoms with Crippen molar-refractivity contribution >= 4 is 39.1 Å². The third kappa shape index (κ3) is 5.35. The Bertz CT molecular complexity index is 891. The van der Waals surface area contributed by atoms with Crippen LogP contribution in [-0.2, 0) is 4.79 Å². The van der Waals surface area contributed by atoms with Gasteiger partial charge < -0.3 is 15.4 Å².